The Morgan fingerprint density at radius 2 is 2.33 bits per heavy atom. The fourth-order valence-electron chi connectivity index (χ4n) is 0.417. The molecule has 0 bridgehead atoms. The summed E-state index contributed by atoms with van der Waals surface area (Å²) in [5.74, 6) is 0.400. The average molecular weight is 133 g/mol. The van der Waals surface area contributed by atoms with Crippen molar-refractivity contribution in [3.8, 4) is 0 Å². The zero-order valence-electron chi connectivity index (χ0n) is 5.84. The molecule has 0 heterocycles. The van der Waals surface area contributed by atoms with Crippen molar-refractivity contribution in [1.29, 1.82) is 0 Å². The van der Waals surface area contributed by atoms with Crippen molar-refractivity contribution in [3.63, 3.8) is 0 Å². The monoisotopic (exact) mass is 133 g/mol. The molecule has 0 aliphatic heterocycles. The molecule has 0 amide bonds. The lowest BCUT2D eigenvalue weighted by atomic mass is 10.2. The first-order valence-corrected chi connectivity index (χ1v) is 3.20. The number of hydrogen-bond donors (Lipinski definition) is 2. The van der Waals surface area contributed by atoms with E-state index < -0.39 is 0 Å². The molecule has 9 heavy (non-hydrogen) atoms. The molecule has 0 aromatic heterocycles. The minimum absolute atomic E-state index is 0.0945. The van der Waals surface area contributed by atoms with Gasteiger partial charge in [-0.3, -0.25) is 0 Å². The van der Waals surface area contributed by atoms with Gasteiger partial charge in [-0.25, -0.2) is 0 Å². The minimum atomic E-state index is 0.0945. The average Bonchev–Trinajstić information content (AvgIpc) is 1.89. The summed E-state index contributed by atoms with van der Waals surface area (Å²) < 4.78 is 5.01. The van der Waals surface area contributed by atoms with Gasteiger partial charge in [0.05, 0.1) is 19.8 Å². The first-order valence-electron chi connectivity index (χ1n) is 3.20. The second-order valence-corrected chi connectivity index (χ2v) is 2.14. The SMILES string of the molecule is CC(CN)COCCO. The fraction of sp³-hybridized carbons (Fsp3) is 1.00. The van der Waals surface area contributed by atoms with Gasteiger partial charge in [0.15, 0.2) is 0 Å². The Kier molecular flexibility index (Phi) is 5.93. The summed E-state index contributed by atoms with van der Waals surface area (Å²) in [4.78, 5) is 0. The van der Waals surface area contributed by atoms with E-state index in [2.05, 4.69) is 0 Å². The van der Waals surface area contributed by atoms with Crippen molar-refractivity contribution < 1.29 is 9.84 Å². The largest absolute Gasteiger partial charge is 0.394 e. The summed E-state index contributed by atoms with van der Waals surface area (Å²) in [5, 5.41) is 8.30. The zero-order valence-corrected chi connectivity index (χ0v) is 5.84. The van der Waals surface area contributed by atoms with E-state index >= 15 is 0 Å². The molecule has 0 saturated carbocycles. The summed E-state index contributed by atoms with van der Waals surface area (Å²) in [5.41, 5.74) is 5.31. The molecule has 0 radical (unpaired) electrons. The molecular formula is C6H15NO2. The van der Waals surface area contributed by atoms with Gasteiger partial charge in [0.25, 0.3) is 0 Å². The van der Waals surface area contributed by atoms with E-state index in [1.165, 1.54) is 0 Å². The summed E-state index contributed by atoms with van der Waals surface area (Å²) >= 11 is 0. The molecule has 3 N–H and O–H groups in total. The standard InChI is InChI=1S/C6H15NO2/c1-6(4-7)5-9-3-2-8/h6,8H,2-5,7H2,1H3. The van der Waals surface area contributed by atoms with Gasteiger partial charge in [-0.05, 0) is 12.5 Å². The van der Waals surface area contributed by atoms with Crippen molar-refractivity contribution in [3.05, 3.63) is 0 Å². The van der Waals surface area contributed by atoms with Gasteiger partial charge in [-0.1, -0.05) is 6.92 Å². The van der Waals surface area contributed by atoms with E-state index in [1.807, 2.05) is 6.92 Å². The van der Waals surface area contributed by atoms with Crippen molar-refractivity contribution in [2.24, 2.45) is 11.7 Å². The van der Waals surface area contributed by atoms with Crippen LogP contribution >= 0.6 is 0 Å². The molecule has 0 spiro atoms. The summed E-state index contributed by atoms with van der Waals surface area (Å²) in [7, 11) is 0. The van der Waals surface area contributed by atoms with Crippen molar-refractivity contribution in [2.45, 2.75) is 6.92 Å². The van der Waals surface area contributed by atoms with Crippen LogP contribution in [0, 0.1) is 5.92 Å². The molecule has 3 heteroatoms. The molecule has 1 unspecified atom stereocenters. The summed E-state index contributed by atoms with van der Waals surface area (Å²) in [6, 6.07) is 0. The van der Waals surface area contributed by atoms with Gasteiger partial charge < -0.3 is 15.6 Å². The van der Waals surface area contributed by atoms with E-state index in [4.69, 9.17) is 15.6 Å². The third-order valence-corrected chi connectivity index (χ3v) is 1.04. The number of rotatable bonds is 5. The highest BCUT2D eigenvalue weighted by Gasteiger charge is 1.96. The van der Waals surface area contributed by atoms with E-state index in [0.717, 1.165) is 0 Å². The predicted molar refractivity (Wildman–Crippen MR) is 36.1 cm³/mol. The van der Waals surface area contributed by atoms with Gasteiger partial charge in [0.2, 0.25) is 0 Å². The van der Waals surface area contributed by atoms with E-state index in [1.54, 1.807) is 0 Å². The normalized spacial score (nSPS) is 13.7. The maximum Gasteiger partial charge on any atom is 0.0697 e. The van der Waals surface area contributed by atoms with Crippen molar-refractivity contribution in [2.75, 3.05) is 26.4 Å². The molecule has 0 aromatic rings. The highest BCUT2D eigenvalue weighted by molar-refractivity contribution is 4.48. The van der Waals surface area contributed by atoms with Crippen LogP contribution in [0.25, 0.3) is 0 Å². The molecule has 1 atom stereocenters. The molecule has 0 saturated heterocycles. The maximum atomic E-state index is 8.30. The molecule has 3 nitrogen and oxygen atoms in total. The third kappa shape index (κ3) is 5.76. The van der Waals surface area contributed by atoms with Crippen LogP contribution in [0.2, 0.25) is 0 Å². The van der Waals surface area contributed by atoms with Gasteiger partial charge in [-0.2, -0.15) is 0 Å². The van der Waals surface area contributed by atoms with Crippen molar-refractivity contribution >= 4 is 0 Å². The Bertz CT molecular complexity index is 59.0. The number of nitrogens with two attached hydrogens (primary N) is 1. The van der Waals surface area contributed by atoms with Gasteiger partial charge >= 0.3 is 0 Å². The molecule has 0 aliphatic rings. The molecule has 0 aliphatic carbocycles. The Hall–Kier alpha value is -0.120. The van der Waals surface area contributed by atoms with E-state index in [-0.39, 0.29) is 6.61 Å². The Morgan fingerprint density at radius 1 is 1.67 bits per heavy atom. The molecule has 0 rings (SSSR count). The molecular weight excluding hydrogens is 118 g/mol. The number of aliphatic hydroxyl groups is 1. The number of aliphatic hydroxyl groups excluding tert-OH is 1. The highest BCUT2D eigenvalue weighted by atomic mass is 16.5. The predicted octanol–water partition coefficient (Wildman–Crippen LogP) is -0.410. The number of ether oxygens (including phenoxy) is 1. The van der Waals surface area contributed by atoms with Gasteiger partial charge in [0, 0.05) is 0 Å². The first kappa shape index (κ1) is 8.88. The minimum Gasteiger partial charge on any atom is -0.394 e. The first-order chi connectivity index (χ1) is 4.31. The zero-order chi connectivity index (χ0) is 7.11. The molecule has 56 valence electrons. The smallest absolute Gasteiger partial charge is 0.0697 e. The maximum absolute atomic E-state index is 8.30. The summed E-state index contributed by atoms with van der Waals surface area (Å²) in [6.07, 6.45) is 0. The lowest BCUT2D eigenvalue weighted by Gasteiger charge is -2.06. The van der Waals surface area contributed by atoms with E-state index in [0.29, 0.717) is 25.7 Å². The van der Waals surface area contributed by atoms with Gasteiger partial charge in [-0.15, -0.1) is 0 Å². The number of hydrogen-bond acceptors (Lipinski definition) is 3. The Morgan fingerprint density at radius 3 is 2.78 bits per heavy atom. The summed E-state index contributed by atoms with van der Waals surface area (Å²) in [6.45, 7) is 3.82. The topological polar surface area (TPSA) is 55.5 Å². The van der Waals surface area contributed by atoms with Crippen LogP contribution in [0.1, 0.15) is 6.92 Å². The van der Waals surface area contributed by atoms with Gasteiger partial charge in [0.1, 0.15) is 0 Å². The molecule has 0 fully saturated rings. The second-order valence-electron chi connectivity index (χ2n) is 2.14. The van der Waals surface area contributed by atoms with Crippen LogP contribution in [-0.4, -0.2) is 31.5 Å². The second kappa shape index (κ2) is 6.01. The Balaban J connectivity index is 2.88. The fourth-order valence-corrected chi connectivity index (χ4v) is 0.417. The van der Waals surface area contributed by atoms with Crippen LogP contribution in [-0.2, 0) is 4.74 Å². The lowest BCUT2D eigenvalue weighted by molar-refractivity contribution is 0.0732. The highest BCUT2D eigenvalue weighted by Crippen LogP contribution is 1.90. The van der Waals surface area contributed by atoms with Crippen LogP contribution in [0.5, 0.6) is 0 Å². The van der Waals surface area contributed by atoms with E-state index in [9.17, 15) is 0 Å². The molecule has 0 aromatic carbocycles. The van der Waals surface area contributed by atoms with Crippen LogP contribution in [0.3, 0.4) is 0 Å². The van der Waals surface area contributed by atoms with Crippen LogP contribution in [0.15, 0.2) is 0 Å². The van der Waals surface area contributed by atoms with Crippen molar-refractivity contribution in [1.82, 2.24) is 0 Å². The Labute approximate surface area is 55.8 Å². The third-order valence-electron chi connectivity index (χ3n) is 1.04. The van der Waals surface area contributed by atoms with Crippen LogP contribution < -0.4 is 5.73 Å². The van der Waals surface area contributed by atoms with Crippen LogP contribution in [0.4, 0.5) is 0 Å². The quantitative estimate of drug-likeness (QED) is 0.501. The lowest BCUT2D eigenvalue weighted by Crippen LogP contribution is -2.17.